The Bertz CT molecular complexity index is 378. The zero-order valence-corrected chi connectivity index (χ0v) is 14.2. The van der Waals surface area contributed by atoms with Gasteiger partial charge < -0.3 is 10.2 Å². The van der Waals surface area contributed by atoms with Gasteiger partial charge in [-0.05, 0) is 51.4 Å². The smallest absolute Gasteiger partial charge is 0.303 e. The number of hydrogen-bond acceptors (Lipinski definition) is 2. The van der Waals surface area contributed by atoms with Crippen LogP contribution in [0.3, 0.4) is 0 Å². The van der Waals surface area contributed by atoms with Crippen molar-refractivity contribution in [1.82, 2.24) is 0 Å². The van der Waals surface area contributed by atoms with Gasteiger partial charge in [-0.3, -0.25) is 4.79 Å². The van der Waals surface area contributed by atoms with Gasteiger partial charge >= 0.3 is 5.97 Å². The minimum atomic E-state index is -0.720. The van der Waals surface area contributed by atoms with Crippen molar-refractivity contribution in [3.8, 4) is 0 Å². The summed E-state index contributed by atoms with van der Waals surface area (Å²) in [6.07, 6.45) is 26.1. The number of unbranched alkanes of at least 4 members (excludes halogenated alkanes) is 5. The van der Waals surface area contributed by atoms with E-state index in [1.54, 1.807) is 0 Å². The molecule has 0 radical (unpaired) electrons. The highest BCUT2D eigenvalue weighted by atomic mass is 16.4. The molecule has 2 N–H and O–H groups in total. The fraction of sp³-hybridized carbons (Fsp3) is 0.550. The number of aliphatic carboxylic acids is 1. The molecule has 0 heterocycles. The van der Waals surface area contributed by atoms with E-state index >= 15 is 0 Å². The van der Waals surface area contributed by atoms with E-state index in [1.807, 2.05) is 0 Å². The second-order valence-corrected chi connectivity index (χ2v) is 5.47. The Labute approximate surface area is 141 Å². The third kappa shape index (κ3) is 20.4. The molecule has 23 heavy (non-hydrogen) atoms. The summed E-state index contributed by atoms with van der Waals surface area (Å²) in [7, 11) is 0. The van der Waals surface area contributed by atoms with Gasteiger partial charge in [-0.2, -0.15) is 0 Å². The molecule has 0 bridgehead atoms. The number of hydrogen-bond donors (Lipinski definition) is 2. The van der Waals surface area contributed by atoms with Crippen LogP contribution in [0.25, 0.3) is 0 Å². The molecule has 0 unspecified atom stereocenters. The lowest BCUT2D eigenvalue weighted by Gasteiger charge is -1.92. The number of aliphatic hydroxyl groups is 1. The van der Waals surface area contributed by atoms with Crippen molar-refractivity contribution in [2.75, 3.05) is 6.61 Å². The van der Waals surface area contributed by atoms with Crippen LogP contribution in [0.5, 0.6) is 0 Å². The molecule has 3 heteroatoms. The molecule has 0 fully saturated rings. The first kappa shape index (κ1) is 21.4. The summed E-state index contributed by atoms with van der Waals surface area (Å²) >= 11 is 0. The molecule has 0 rings (SSSR count). The SMILES string of the molecule is O=C(O)CCC/C=C/C/C=C/CC/C=C/C=C/CCCCCO. The van der Waals surface area contributed by atoms with Crippen molar-refractivity contribution in [3.63, 3.8) is 0 Å². The second kappa shape index (κ2) is 18.4. The minimum absolute atomic E-state index is 0.254. The van der Waals surface area contributed by atoms with Gasteiger partial charge in [0.1, 0.15) is 0 Å². The fourth-order valence-corrected chi connectivity index (χ4v) is 1.97. The first-order chi connectivity index (χ1) is 11.3. The molecule has 0 saturated carbocycles. The van der Waals surface area contributed by atoms with Crippen LogP contribution in [-0.2, 0) is 4.79 Å². The monoisotopic (exact) mass is 320 g/mol. The summed E-state index contributed by atoms with van der Waals surface area (Å²) in [5.74, 6) is -0.720. The van der Waals surface area contributed by atoms with Crippen LogP contribution < -0.4 is 0 Å². The third-order valence-corrected chi connectivity index (χ3v) is 3.28. The number of carboxylic acid groups (broad SMARTS) is 1. The molecule has 0 aromatic heterocycles. The summed E-state index contributed by atoms with van der Waals surface area (Å²) in [5.41, 5.74) is 0. The molecule has 0 atom stereocenters. The number of allylic oxidation sites excluding steroid dienone is 8. The maximum Gasteiger partial charge on any atom is 0.303 e. The number of rotatable bonds is 15. The van der Waals surface area contributed by atoms with E-state index in [0.29, 0.717) is 6.61 Å². The van der Waals surface area contributed by atoms with E-state index in [0.717, 1.165) is 57.8 Å². The summed E-state index contributed by atoms with van der Waals surface area (Å²) < 4.78 is 0. The van der Waals surface area contributed by atoms with Crippen molar-refractivity contribution in [1.29, 1.82) is 0 Å². The van der Waals surface area contributed by atoms with Crippen molar-refractivity contribution in [2.24, 2.45) is 0 Å². The van der Waals surface area contributed by atoms with Gasteiger partial charge in [0, 0.05) is 13.0 Å². The average molecular weight is 320 g/mol. The van der Waals surface area contributed by atoms with E-state index in [1.165, 1.54) is 0 Å². The Hall–Kier alpha value is -1.61. The van der Waals surface area contributed by atoms with Gasteiger partial charge in [0.05, 0.1) is 0 Å². The van der Waals surface area contributed by atoms with Crippen LogP contribution in [0.15, 0.2) is 48.6 Å². The van der Waals surface area contributed by atoms with Crippen LogP contribution in [0.4, 0.5) is 0 Å². The molecule has 0 amide bonds. The predicted molar refractivity (Wildman–Crippen MR) is 97.5 cm³/mol. The summed E-state index contributed by atoms with van der Waals surface area (Å²) in [4.78, 5) is 10.3. The van der Waals surface area contributed by atoms with Crippen LogP contribution in [-0.4, -0.2) is 22.8 Å². The molecule has 0 aromatic carbocycles. The van der Waals surface area contributed by atoms with Crippen molar-refractivity contribution >= 4 is 5.97 Å². The topological polar surface area (TPSA) is 57.5 Å². The van der Waals surface area contributed by atoms with Crippen molar-refractivity contribution in [3.05, 3.63) is 48.6 Å². The zero-order valence-electron chi connectivity index (χ0n) is 14.2. The number of carbonyl (C=O) groups is 1. The highest BCUT2D eigenvalue weighted by Crippen LogP contribution is 2.01. The summed E-state index contributed by atoms with van der Waals surface area (Å²) in [5, 5.41) is 17.1. The molecular formula is C20H32O3. The molecule has 0 aromatic rings. The normalized spacial score (nSPS) is 12.4. The van der Waals surface area contributed by atoms with Crippen LogP contribution in [0, 0.1) is 0 Å². The summed E-state index contributed by atoms with van der Waals surface area (Å²) in [6, 6.07) is 0. The molecule has 0 aliphatic carbocycles. The highest BCUT2D eigenvalue weighted by molar-refractivity contribution is 5.66. The largest absolute Gasteiger partial charge is 0.481 e. The van der Waals surface area contributed by atoms with Gasteiger partial charge in [0.15, 0.2) is 0 Å². The molecule has 0 aliphatic rings. The van der Waals surface area contributed by atoms with Gasteiger partial charge in [-0.25, -0.2) is 0 Å². The Morgan fingerprint density at radius 3 is 2.00 bits per heavy atom. The fourth-order valence-electron chi connectivity index (χ4n) is 1.97. The molecule has 0 spiro atoms. The standard InChI is InChI=1S/C20H32O3/c21-19-17-15-13-11-9-7-5-3-1-2-4-6-8-10-12-14-16-18-20(22)23/h3-7,9-10,12,21H,1-2,8,11,13-19H2,(H,22,23)/b5-3+,6-4+,9-7+,12-10+. The van der Waals surface area contributed by atoms with Crippen LogP contribution >= 0.6 is 0 Å². The van der Waals surface area contributed by atoms with E-state index in [9.17, 15) is 4.79 Å². The Morgan fingerprint density at radius 1 is 0.696 bits per heavy atom. The minimum Gasteiger partial charge on any atom is -0.481 e. The molecule has 130 valence electrons. The van der Waals surface area contributed by atoms with E-state index < -0.39 is 5.97 Å². The third-order valence-electron chi connectivity index (χ3n) is 3.28. The lowest BCUT2D eigenvalue weighted by molar-refractivity contribution is -0.137. The lowest BCUT2D eigenvalue weighted by atomic mass is 10.2. The number of aliphatic hydroxyl groups excluding tert-OH is 1. The maximum absolute atomic E-state index is 10.3. The maximum atomic E-state index is 10.3. The first-order valence-electron chi connectivity index (χ1n) is 8.71. The van der Waals surface area contributed by atoms with Gasteiger partial charge in [-0.15, -0.1) is 0 Å². The van der Waals surface area contributed by atoms with E-state index in [4.69, 9.17) is 10.2 Å². The van der Waals surface area contributed by atoms with Gasteiger partial charge in [-0.1, -0.05) is 55.0 Å². The summed E-state index contributed by atoms with van der Waals surface area (Å²) in [6.45, 7) is 0.303. The predicted octanol–water partition coefficient (Wildman–Crippen LogP) is 5.19. The average Bonchev–Trinajstić information content (AvgIpc) is 2.53. The Balaban J connectivity index is 3.39. The lowest BCUT2D eigenvalue weighted by Crippen LogP contribution is -1.92. The Morgan fingerprint density at radius 2 is 1.30 bits per heavy atom. The van der Waals surface area contributed by atoms with Gasteiger partial charge in [0.25, 0.3) is 0 Å². The second-order valence-electron chi connectivity index (χ2n) is 5.47. The molecule has 0 aliphatic heterocycles. The quantitative estimate of drug-likeness (QED) is 0.248. The first-order valence-corrected chi connectivity index (χ1v) is 8.71. The molecular weight excluding hydrogens is 288 g/mol. The van der Waals surface area contributed by atoms with Crippen molar-refractivity contribution in [2.45, 2.75) is 64.2 Å². The van der Waals surface area contributed by atoms with Gasteiger partial charge in [0.2, 0.25) is 0 Å². The van der Waals surface area contributed by atoms with E-state index in [-0.39, 0.29) is 6.42 Å². The van der Waals surface area contributed by atoms with E-state index in [2.05, 4.69) is 48.6 Å². The Kier molecular flexibility index (Phi) is 17.1. The zero-order chi connectivity index (χ0) is 17.0. The van der Waals surface area contributed by atoms with Crippen LogP contribution in [0.1, 0.15) is 64.2 Å². The van der Waals surface area contributed by atoms with Crippen molar-refractivity contribution < 1.29 is 15.0 Å². The number of carboxylic acids is 1. The highest BCUT2D eigenvalue weighted by Gasteiger charge is 1.92. The molecule has 3 nitrogen and oxygen atoms in total. The molecule has 0 saturated heterocycles. The van der Waals surface area contributed by atoms with Crippen LogP contribution in [0.2, 0.25) is 0 Å².